The lowest BCUT2D eigenvalue weighted by atomic mass is 9.96. The first-order chi connectivity index (χ1) is 13.9. The van der Waals surface area contributed by atoms with Gasteiger partial charge < -0.3 is 9.64 Å². The third-order valence-corrected chi connectivity index (χ3v) is 5.44. The molecule has 3 aromatic rings. The second-order valence-corrected chi connectivity index (χ2v) is 7.32. The molecule has 0 spiro atoms. The number of morpholine rings is 1. The van der Waals surface area contributed by atoms with E-state index in [4.69, 9.17) is 9.73 Å². The Labute approximate surface area is 165 Å². The molecule has 2 aliphatic rings. The SMILES string of the molecule is c1ccc(Cc2ccc3c(c2)C(c2ccnc(N4CCOCC4)c2)=NC3)cc1. The molecule has 140 valence electrons. The second kappa shape index (κ2) is 7.56. The van der Waals surface area contributed by atoms with Crippen LogP contribution >= 0.6 is 0 Å². The van der Waals surface area contributed by atoms with E-state index in [2.05, 4.69) is 70.5 Å². The first-order valence-electron chi connectivity index (χ1n) is 9.86. The summed E-state index contributed by atoms with van der Waals surface area (Å²) in [5, 5.41) is 0. The smallest absolute Gasteiger partial charge is 0.129 e. The lowest BCUT2D eigenvalue weighted by Gasteiger charge is -2.28. The van der Waals surface area contributed by atoms with Crippen LogP contribution in [-0.2, 0) is 17.7 Å². The van der Waals surface area contributed by atoms with Crippen LogP contribution in [0.5, 0.6) is 0 Å². The monoisotopic (exact) mass is 369 g/mol. The molecule has 0 aliphatic carbocycles. The van der Waals surface area contributed by atoms with Crippen LogP contribution < -0.4 is 4.90 Å². The molecule has 0 bridgehead atoms. The summed E-state index contributed by atoms with van der Waals surface area (Å²) in [4.78, 5) is 11.7. The summed E-state index contributed by atoms with van der Waals surface area (Å²) >= 11 is 0. The average Bonchev–Trinajstić information content (AvgIpc) is 3.18. The molecule has 1 saturated heterocycles. The van der Waals surface area contributed by atoms with Gasteiger partial charge in [-0.15, -0.1) is 0 Å². The number of ether oxygens (including phenoxy) is 1. The van der Waals surface area contributed by atoms with Gasteiger partial charge in [-0.3, -0.25) is 4.99 Å². The van der Waals surface area contributed by atoms with Gasteiger partial charge in [0.1, 0.15) is 5.82 Å². The third-order valence-electron chi connectivity index (χ3n) is 5.44. The molecular formula is C24H23N3O. The van der Waals surface area contributed by atoms with Gasteiger partial charge in [0.25, 0.3) is 0 Å². The average molecular weight is 369 g/mol. The first kappa shape index (κ1) is 17.1. The largest absolute Gasteiger partial charge is 0.378 e. The molecule has 0 unspecified atom stereocenters. The van der Waals surface area contributed by atoms with Gasteiger partial charge >= 0.3 is 0 Å². The van der Waals surface area contributed by atoms with Gasteiger partial charge in [0.2, 0.25) is 0 Å². The van der Waals surface area contributed by atoms with Gasteiger partial charge in [0.05, 0.1) is 25.5 Å². The summed E-state index contributed by atoms with van der Waals surface area (Å²) in [6, 6.07) is 21.6. The Kier molecular flexibility index (Phi) is 4.63. The van der Waals surface area contributed by atoms with Gasteiger partial charge in [-0.25, -0.2) is 4.98 Å². The minimum atomic E-state index is 0.755. The fourth-order valence-corrected chi connectivity index (χ4v) is 3.95. The molecule has 5 rings (SSSR count). The number of aliphatic imine (C=N–C) groups is 1. The standard InChI is InChI=1S/C24H23N3O/c1-2-4-18(5-3-1)14-19-6-7-21-17-26-24(22(21)15-19)20-8-9-25-23(16-20)27-10-12-28-13-11-27/h1-9,15-16H,10-14,17H2. The summed E-state index contributed by atoms with van der Waals surface area (Å²) in [6.45, 7) is 4.06. The van der Waals surface area contributed by atoms with E-state index in [9.17, 15) is 0 Å². The van der Waals surface area contributed by atoms with Crippen molar-refractivity contribution in [3.63, 3.8) is 0 Å². The quantitative estimate of drug-likeness (QED) is 0.701. The molecule has 0 atom stereocenters. The van der Waals surface area contributed by atoms with Crippen molar-refractivity contribution in [1.82, 2.24) is 4.98 Å². The highest BCUT2D eigenvalue weighted by Crippen LogP contribution is 2.26. The Morgan fingerprint density at radius 1 is 0.893 bits per heavy atom. The highest BCUT2D eigenvalue weighted by molar-refractivity contribution is 6.15. The first-order valence-corrected chi connectivity index (χ1v) is 9.86. The van der Waals surface area contributed by atoms with E-state index in [0.29, 0.717) is 0 Å². The molecule has 0 saturated carbocycles. The highest BCUT2D eigenvalue weighted by Gasteiger charge is 2.20. The normalized spacial score (nSPS) is 16.0. The van der Waals surface area contributed by atoms with Gasteiger partial charge in [-0.05, 0) is 41.3 Å². The van der Waals surface area contributed by atoms with E-state index in [1.165, 1.54) is 22.3 Å². The number of anilines is 1. The van der Waals surface area contributed by atoms with Crippen molar-refractivity contribution in [2.75, 3.05) is 31.2 Å². The predicted octanol–water partition coefficient (Wildman–Crippen LogP) is 3.86. The van der Waals surface area contributed by atoms with Crippen LogP contribution in [0.15, 0.2) is 71.9 Å². The summed E-state index contributed by atoms with van der Waals surface area (Å²) in [5.74, 6) is 1.01. The van der Waals surface area contributed by atoms with Crippen molar-refractivity contribution < 1.29 is 4.74 Å². The molecule has 28 heavy (non-hydrogen) atoms. The highest BCUT2D eigenvalue weighted by atomic mass is 16.5. The Morgan fingerprint density at radius 3 is 2.61 bits per heavy atom. The second-order valence-electron chi connectivity index (χ2n) is 7.32. The van der Waals surface area contributed by atoms with Crippen molar-refractivity contribution in [2.24, 2.45) is 4.99 Å². The van der Waals surface area contributed by atoms with Crippen LogP contribution in [-0.4, -0.2) is 37.0 Å². The molecule has 4 heteroatoms. The topological polar surface area (TPSA) is 37.7 Å². The summed E-state index contributed by atoms with van der Waals surface area (Å²) < 4.78 is 5.47. The maximum Gasteiger partial charge on any atom is 0.129 e. The summed E-state index contributed by atoms with van der Waals surface area (Å²) in [6.07, 6.45) is 2.84. The molecule has 0 N–H and O–H groups in total. The van der Waals surface area contributed by atoms with Crippen molar-refractivity contribution in [1.29, 1.82) is 0 Å². The fraction of sp³-hybridized carbons (Fsp3) is 0.250. The zero-order valence-corrected chi connectivity index (χ0v) is 15.8. The number of hydrogen-bond donors (Lipinski definition) is 0. The Balaban J connectivity index is 1.43. The minimum absolute atomic E-state index is 0.755. The van der Waals surface area contributed by atoms with E-state index in [0.717, 1.165) is 56.4 Å². The maximum atomic E-state index is 5.47. The van der Waals surface area contributed by atoms with Crippen LogP contribution in [0.25, 0.3) is 0 Å². The lowest BCUT2D eigenvalue weighted by molar-refractivity contribution is 0.122. The zero-order chi connectivity index (χ0) is 18.8. The minimum Gasteiger partial charge on any atom is -0.378 e. The molecule has 2 aliphatic heterocycles. The molecule has 3 heterocycles. The number of pyridine rings is 1. The Bertz CT molecular complexity index is 1010. The molecular weight excluding hydrogens is 346 g/mol. The van der Waals surface area contributed by atoms with E-state index in [1.807, 2.05) is 6.20 Å². The van der Waals surface area contributed by atoms with E-state index >= 15 is 0 Å². The number of aromatic nitrogens is 1. The molecule has 0 radical (unpaired) electrons. The number of nitrogens with zero attached hydrogens (tertiary/aromatic N) is 3. The number of hydrogen-bond acceptors (Lipinski definition) is 4. The van der Waals surface area contributed by atoms with Crippen LogP contribution in [0.1, 0.15) is 27.8 Å². The maximum absolute atomic E-state index is 5.47. The van der Waals surface area contributed by atoms with Crippen LogP contribution in [0.2, 0.25) is 0 Å². The van der Waals surface area contributed by atoms with Crippen molar-refractivity contribution in [3.8, 4) is 0 Å². The summed E-state index contributed by atoms with van der Waals surface area (Å²) in [7, 11) is 0. The third kappa shape index (κ3) is 3.43. The zero-order valence-electron chi connectivity index (χ0n) is 15.8. The van der Waals surface area contributed by atoms with Crippen molar-refractivity contribution in [2.45, 2.75) is 13.0 Å². The number of benzene rings is 2. The summed E-state index contributed by atoms with van der Waals surface area (Å²) in [5.41, 5.74) is 7.44. The molecule has 0 amide bonds. The Morgan fingerprint density at radius 2 is 1.75 bits per heavy atom. The van der Waals surface area contributed by atoms with Crippen LogP contribution in [0.3, 0.4) is 0 Å². The van der Waals surface area contributed by atoms with Crippen LogP contribution in [0, 0.1) is 0 Å². The molecule has 1 fully saturated rings. The van der Waals surface area contributed by atoms with E-state index in [1.54, 1.807) is 0 Å². The molecule has 4 nitrogen and oxygen atoms in total. The lowest BCUT2D eigenvalue weighted by Crippen LogP contribution is -2.36. The predicted molar refractivity (Wildman–Crippen MR) is 112 cm³/mol. The van der Waals surface area contributed by atoms with Crippen molar-refractivity contribution in [3.05, 3.63) is 94.7 Å². The number of fused-ring (bicyclic) bond motifs is 1. The van der Waals surface area contributed by atoms with E-state index in [-0.39, 0.29) is 0 Å². The molecule has 1 aromatic heterocycles. The number of rotatable bonds is 4. The Hall–Kier alpha value is -2.98. The van der Waals surface area contributed by atoms with E-state index < -0.39 is 0 Å². The van der Waals surface area contributed by atoms with Gasteiger partial charge in [0, 0.05) is 30.4 Å². The fourth-order valence-electron chi connectivity index (χ4n) is 3.95. The van der Waals surface area contributed by atoms with Gasteiger partial charge in [-0.1, -0.05) is 42.5 Å². The van der Waals surface area contributed by atoms with Gasteiger partial charge in [-0.2, -0.15) is 0 Å². The molecule has 2 aromatic carbocycles. The van der Waals surface area contributed by atoms with Crippen molar-refractivity contribution >= 4 is 11.5 Å². The van der Waals surface area contributed by atoms with Crippen LogP contribution in [0.4, 0.5) is 5.82 Å². The van der Waals surface area contributed by atoms with Gasteiger partial charge in [0.15, 0.2) is 0 Å².